The first-order valence-electron chi connectivity index (χ1n) is 5.13. The van der Waals surface area contributed by atoms with Gasteiger partial charge in [-0.1, -0.05) is 27.7 Å². The molecule has 0 aromatic rings. The molecule has 0 radical (unpaired) electrons. The monoisotopic (exact) mass is 199 g/mol. The molecule has 1 aliphatic rings. The lowest BCUT2D eigenvalue weighted by Crippen LogP contribution is -2.82. The van der Waals surface area contributed by atoms with Crippen molar-refractivity contribution in [1.82, 2.24) is 0 Å². The van der Waals surface area contributed by atoms with Gasteiger partial charge in [-0.15, -0.1) is 0 Å². The Morgan fingerprint density at radius 3 is 1.71 bits per heavy atom. The standard InChI is InChI=1S/C11H21NO2/c1-9(2)5-10(3,4)7-11(12,6-9)8(13)14/h5-7,12H2,1-4H3,(H,13,14). The van der Waals surface area contributed by atoms with Crippen molar-refractivity contribution in [3.05, 3.63) is 0 Å². The number of hydrogen-bond acceptors (Lipinski definition) is 2. The number of hydrogen-bond donors (Lipinski definition) is 1. The lowest BCUT2D eigenvalue weighted by molar-refractivity contribution is -0.501. The summed E-state index contributed by atoms with van der Waals surface area (Å²) >= 11 is 0. The average Bonchev–Trinajstić information content (AvgIpc) is 1.76. The molecule has 0 amide bonds. The molecule has 1 fully saturated rings. The number of quaternary nitrogens is 1. The maximum absolute atomic E-state index is 11.1. The van der Waals surface area contributed by atoms with E-state index in [0.717, 1.165) is 6.42 Å². The van der Waals surface area contributed by atoms with Crippen LogP contribution in [0.1, 0.15) is 47.0 Å². The summed E-state index contributed by atoms with van der Waals surface area (Å²) < 4.78 is 0. The van der Waals surface area contributed by atoms with Gasteiger partial charge in [-0.3, -0.25) is 0 Å². The lowest BCUT2D eigenvalue weighted by Gasteiger charge is -2.48. The van der Waals surface area contributed by atoms with Crippen molar-refractivity contribution in [2.45, 2.75) is 52.5 Å². The number of carbonyl (C=O) groups is 1. The van der Waals surface area contributed by atoms with E-state index >= 15 is 0 Å². The second-order valence-corrected chi connectivity index (χ2v) is 6.43. The molecule has 0 aliphatic heterocycles. The summed E-state index contributed by atoms with van der Waals surface area (Å²) in [4.78, 5) is 11.1. The van der Waals surface area contributed by atoms with Crippen LogP contribution >= 0.6 is 0 Å². The Morgan fingerprint density at radius 2 is 1.43 bits per heavy atom. The second-order valence-electron chi connectivity index (χ2n) is 6.43. The molecule has 1 rings (SSSR count). The summed E-state index contributed by atoms with van der Waals surface area (Å²) in [6.45, 7) is 8.43. The van der Waals surface area contributed by atoms with Gasteiger partial charge in [0.25, 0.3) is 0 Å². The minimum absolute atomic E-state index is 0.0452. The molecule has 14 heavy (non-hydrogen) atoms. The zero-order valence-electron chi connectivity index (χ0n) is 9.64. The predicted molar refractivity (Wildman–Crippen MR) is 52.0 cm³/mol. The highest BCUT2D eigenvalue weighted by Gasteiger charge is 2.48. The average molecular weight is 199 g/mol. The van der Waals surface area contributed by atoms with Crippen molar-refractivity contribution in [2.75, 3.05) is 0 Å². The van der Waals surface area contributed by atoms with Crippen LogP contribution in [0.25, 0.3) is 0 Å². The van der Waals surface area contributed by atoms with E-state index in [-0.39, 0.29) is 10.8 Å². The van der Waals surface area contributed by atoms with Gasteiger partial charge >= 0.3 is 0 Å². The van der Waals surface area contributed by atoms with Crippen LogP contribution in [-0.4, -0.2) is 11.5 Å². The fraction of sp³-hybridized carbons (Fsp3) is 0.909. The normalized spacial score (nSPS) is 28.4. The van der Waals surface area contributed by atoms with E-state index in [1.165, 1.54) is 0 Å². The minimum atomic E-state index is -1.00. The summed E-state index contributed by atoms with van der Waals surface area (Å²) in [6, 6.07) is 0. The zero-order valence-corrected chi connectivity index (χ0v) is 9.64. The van der Waals surface area contributed by atoms with Gasteiger partial charge < -0.3 is 15.6 Å². The zero-order chi connectivity index (χ0) is 11.2. The first kappa shape index (κ1) is 11.5. The third-order valence-electron chi connectivity index (χ3n) is 3.02. The van der Waals surface area contributed by atoms with Crippen LogP contribution in [0, 0.1) is 10.8 Å². The van der Waals surface area contributed by atoms with E-state index in [1.807, 2.05) is 0 Å². The highest BCUT2D eigenvalue weighted by atomic mass is 16.4. The van der Waals surface area contributed by atoms with Crippen molar-refractivity contribution < 1.29 is 15.6 Å². The van der Waals surface area contributed by atoms with Crippen molar-refractivity contribution >= 4 is 5.97 Å². The summed E-state index contributed by atoms with van der Waals surface area (Å²) in [5.74, 6) is -1.00. The van der Waals surface area contributed by atoms with E-state index in [4.69, 9.17) is 0 Å². The highest BCUT2D eigenvalue weighted by molar-refractivity contribution is 5.74. The maximum atomic E-state index is 11.1. The molecule has 0 spiro atoms. The largest absolute Gasteiger partial charge is 0.544 e. The molecule has 3 heteroatoms. The number of carboxylic acids is 1. The van der Waals surface area contributed by atoms with Gasteiger partial charge in [0.15, 0.2) is 0 Å². The number of carbonyl (C=O) groups excluding carboxylic acids is 1. The predicted octanol–water partition coefficient (Wildman–Crippen LogP) is -0.0467. The van der Waals surface area contributed by atoms with Crippen molar-refractivity contribution in [1.29, 1.82) is 0 Å². The van der Waals surface area contributed by atoms with Crippen molar-refractivity contribution in [2.24, 2.45) is 10.8 Å². The molecule has 0 bridgehead atoms. The number of carboxylic acid groups (broad SMARTS) is 1. The fourth-order valence-electron chi connectivity index (χ4n) is 3.46. The van der Waals surface area contributed by atoms with Crippen LogP contribution < -0.4 is 10.8 Å². The van der Waals surface area contributed by atoms with E-state index in [2.05, 4.69) is 33.4 Å². The SMILES string of the molecule is CC1(C)CC(C)(C)CC([NH3+])(C(=O)[O-])C1. The quantitative estimate of drug-likeness (QED) is 0.643. The summed E-state index contributed by atoms with van der Waals surface area (Å²) in [5, 5.41) is 11.1. The molecular weight excluding hydrogens is 178 g/mol. The summed E-state index contributed by atoms with van der Waals surface area (Å²) in [5.41, 5.74) is 3.05. The molecule has 0 atom stereocenters. The Hall–Kier alpha value is -0.570. The molecule has 0 saturated heterocycles. The first-order valence-corrected chi connectivity index (χ1v) is 5.13. The lowest BCUT2D eigenvalue weighted by atomic mass is 9.59. The molecule has 82 valence electrons. The van der Waals surface area contributed by atoms with E-state index < -0.39 is 11.5 Å². The van der Waals surface area contributed by atoms with E-state index in [1.54, 1.807) is 0 Å². The minimum Gasteiger partial charge on any atom is -0.544 e. The van der Waals surface area contributed by atoms with Gasteiger partial charge in [-0.25, -0.2) is 0 Å². The maximum Gasteiger partial charge on any atom is 0.136 e. The van der Waals surface area contributed by atoms with Crippen LogP contribution in [-0.2, 0) is 4.79 Å². The van der Waals surface area contributed by atoms with Gasteiger partial charge in [0.1, 0.15) is 11.5 Å². The Bertz CT molecular complexity index is 240. The Morgan fingerprint density at radius 1 is 1.07 bits per heavy atom. The summed E-state index contributed by atoms with van der Waals surface area (Å²) in [7, 11) is 0. The summed E-state index contributed by atoms with van der Waals surface area (Å²) in [6.07, 6.45) is 2.28. The van der Waals surface area contributed by atoms with Gasteiger partial charge in [-0.05, 0) is 17.3 Å². The van der Waals surface area contributed by atoms with E-state index in [9.17, 15) is 9.90 Å². The Kier molecular flexibility index (Phi) is 2.43. The second kappa shape index (κ2) is 2.96. The third kappa shape index (κ3) is 2.27. The van der Waals surface area contributed by atoms with Crippen LogP contribution in [0.3, 0.4) is 0 Å². The van der Waals surface area contributed by atoms with Gasteiger partial charge in [0.05, 0.1) is 0 Å². The molecule has 0 aromatic heterocycles. The molecule has 0 heterocycles. The third-order valence-corrected chi connectivity index (χ3v) is 3.02. The van der Waals surface area contributed by atoms with Crippen LogP contribution in [0.15, 0.2) is 0 Å². The topological polar surface area (TPSA) is 67.8 Å². The smallest absolute Gasteiger partial charge is 0.136 e. The fourth-order valence-corrected chi connectivity index (χ4v) is 3.46. The van der Waals surface area contributed by atoms with Crippen molar-refractivity contribution in [3.63, 3.8) is 0 Å². The number of aliphatic carboxylic acids is 1. The van der Waals surface area contributed by atoms with Crippen LogP contribution in [0.2, 0.25) is 0 Å². The Balaban J connectivity index is 2.97. The van der Waals surface area contributed by atoms with Crippen LogP contribution in [0.5, 0.6) is 0 Å². The molecular formula is C11H21NO2. The van der Waals surface area contributed by atoms with Gasteiger partial charge in [-0.2, -0.15) is 0 Å². The van der Waals surface area contributed by atoms with Crippen molar-refractivity contribution in [3.8, 4) is 0 Å². The molecule has 3 nitrogen and oxygen atoms in total. The number of rotatable bonds is 1. The van der Waals surface area contributed by atoms with Gasteiger partial charge in [0, 0.05) is 12.8 Å². The Labute approximate surface area is 85.7 Å². The molecule has 3 N–H and O–H groups in total. The molecule has 0 aromatic carbocycles. The van der Waals surface area contributed by atoms with E-state index in [0.29, 0.717) is 12.8 Å². The van der Waals surface area contributed by atoms with Gasteiger partial charge in [0.2, 0.25) is 0 Å². The van der Waals surface area contributed by atoms with Crippen LogP contribution in [0.4, 0.5) is 0 Å². The highest BCUT2D eigenvalue weighted by Crippen LogP contribution is 2.48. The molecule has 0 unspecified atom stereocenters. The molecule has 1 aliphatic carbocycles. The first-order chi connectivity index (χ1) is 6.06. The molecule has 1 saturated carbocycles.